The van der Waals surface area contributed by atoms with Crippen molar-refractivity contribution in [3.63, 3.8) is 0 Å². The molecule has 3 atom stereocenters. The number of ether oxygens (including phenoxy) is 3. The van der Waals surface area contributed by atoms with Gasteiger partial charge in [0.2, 0.25) is 17.6 Å². The largest absolute Gasteiger partial charge is 0.460 e. The summed E-state index contributed by atoms with van der Waals surface area (Å²) in [4.78, 5) is 45.3. The summed E-state index contributed by atoms with van der Waals surface area (Å²) in [7, 11) is 1.75. The zero-order valence-corrected chi connectivity index (χ0v) is 30.6. The molecule has 2 amide bonds. The van der Waals surface area contributed by atoms with Crippen LogP contribution in [0.2, 0.25) is 0 Å². The van der Waals surface area contributed by atoms with Crippen molar-refractivity contribution in [3.05, 3.63) is 30.0 Å². The number of amides is 2. The number of likely N-dealkylation sites (tertiary alicyclic amines) is 1. The van der Waals surface area contributed by atoms with E-state index in [9.17, 15) is 18.8 Å². The lowest BCUT2D eigenvalue weighted by Gasteiger charge is -2.42. The number of methoxy groups -OCH3 is 1. The molecule has 2 aromatic rings. The first-order valence-electron chi connectivity index (χ1n) is 19.1. The molecule has 2 saturated carbocycles. The third kappa shape index (κ3) is 8.77. The molecule has 0 bridgehead atoms. The second-order valence-electron chi connectivity index (χ2n) is 15.8. The van der Waals surface area contributed by atoms with Gasteiger partial charge in [-0.3, -0.25) is 14.5 Å². The van der Waals surface area contributed by atoms with E-state index in [0.717, 1.165) is 58.0 Å². The average molecular weight is 713 g/mol. The fourth-order valence-electron chi connectivity index (χ4n) is 9.03. The molecule has 2 saturated heterocycles. The van der Waals surface area contributed by atoms with Crippen LogP contribution in [0, 0.1) is 23.7 Å². The monoisotopic (exact) mass is 712 g/mol. The molecule has 282 valence electrons. The SMILES string of the molecule is COC1CCC([C@@H]2CCN(C(=O)[C@H]3CC[C@H]([C@H](N)CF)CC3)[C@@H]2C(=O)Nc2ccc3oc(C(=O)OCCCN4CCOCC4(C)C)cc3c2)CC1. The van der Waals surface area contributed by atoms with Crippen LogP contribution >= 0.6 is 0 Å². The Labute approximate surface area is 301 Å². The topological polar surface area (TPSA) is 137 Å². The van der Waals surface area contributed by atoms with Crippen LogP contribution < -0.4 is 11.1 Å². The van der Waals surface area contributed by atoms with Crippen molar-refractivity contribution in [2.45, 2.75) is 102 Å². The smallest absolute Gasteiger partial charge is 0.374 e. The number of furan rings is 1. The molecule has 4 aliphatic rings. The van der Waals surface area contributed by atoms with Crippen LogP contribution in [0.25, 0.3) is 11.0 Å². The van der Waals surface area contributed by atoms with Crippen LogP contribution in [0.15, 0.2) is 28.7 Å². The van der Waals surface area contributed by atoms with Crippen molar-refractivity contribution in [2.75, 3.05) is 58.6 Å². The summed E-state index contributed by atoms with van der Waals surface area (Å²) in [5.41, 5.74) is 7.03. The summed E-state index contributed by atoms with van der Waals surface area (Å²) in [6.07, 6.45) is 8.34. The van der Waals surface area contributed by atoms with Gasteiger partial charge in [-0.1, -0.05) is 0 Å². The fraction of sp³-hybridized carbons (Fsp3) is 0.718. The first-order valence-corrected chi connectivity index (χ1v) is 19.1. The van der Waals surface area contributed by atoms with Crippen molar-refractivity contribution in [1.29, 1.82) is 0 Å². The van der Waals surface area contributed by atoms with Gasteiger partial charge in [0, 0.05) is 55.3 Å². The maximum atomic E-state index is 14.2. The van der Waals surface area contributed by atoms with Gasteiger partial charge in [0.25, 0.3) is 0 Å². The van der Waals surface area contributed by atoms with E-state index in [1.54, 1.807) is 31.4 Å². The van der Waals surface area contributed by atoms with Gasteiger partial charge in [0.15, 0.2) is 0 Å². The van der Waals surface area contributed by atoms with E-state index in [2.05, 4.69) is 24.1 Å². The number of carbonyl (C=O) groups excluding carboxylic acids is 3. The maximum absolute atomic E-state index is 14.2. The minimum absolute atomic E-state index is 0.0256. The first kappa shape index (κ1) is 37.7. The Morgan fingerprint density at radius 3 is 2.51 bits per heavy atom. The van der Waals surface area contributed by atoms with Crippen LogP contribution in [-0.4, -0.2) is 105 Å². The normalized spacial score (nSPS) is 29.2. The van der Waals surface area contributed by atoms with Gasteiger partial charge in [-0.25, -0.2) is 9.18 Å². The maximum Gasteiger partial charge on any atom is 0.374 e. The number of hydrogen-bond donors (Lipinski definition) is 2. The van der Waals surface area contributed by atoms with Crippen LogP contribution in [0.4, 0.5) is 10.1 Å². The van der Waals surface area contributed by atoms with E-state index in [4.69, 9.17) is 24.4 Å². The molecule has 1 aromatic heterocycles. The minimum atomic E-state index is -0.582. The first-order chi connectivity index (χ1) is 24.6. The summed E-state index contributed by atoms with van der Waals surface area (Å²) in [6.45, 7) is 7.64. The van der Waals surface area contributed by atoms with Gasteiger partial charge in [-0.15, -0.1) is 0 Å². The van der Waals surface area contributed by atoms with Crippen molar-refractivity contribution in [1.82, 2.24) is 9.80 Å². The molecule has 0 spiro atoms. The number of nitrogens with one attached hydrogen (secondary N) is 1. The molecular weight excluding hydrogens is 655 g/mol. The number of hydrogen-bond acceptors (Lipinski definition) is 9. The highest BCUT2D eigenvalue weighted by Gasteiger charge is 2.47. The van der Waals surface area contributed by atoms with E-state index in [1.165, 1.54) is 0 Å². The van der Waals surface area contributed by atoms with Gasteiger partial charge in [-0.05, 0) is 120 Å². The third-order valence-corrected chi connectivity index (χ3v) is 12.2. The Hall–Kier alpha value is -3.06. The van der Waals surface area contributed by atoms with E-state index in [0.29, 0.717) is 61.6 Å². The Morgan fingerprint density at radius 1 is 1.04 bits per heavy atom. The van der Waals surface area contributed by atoms with Gasteiger partial charge < -0.3 is 34.6 Å². The summed E-state index contributed by atoms with van der Waals surface area (Å²) in [6, 6.07) is 5.88. The molecule has 4 fully saturated rings. The van der Waals surface area contributed by atoms with Crippen molar-refractivity contribution >= 4 is 34.4 Å². The summed E-state index contributed by atoms with van der Waals surface area (Å²) in [5, 5.41) is 3.79. The lowest BCUT2D eigenvalue weighted by atomic mass is 9.75. The van der Waals surface area contributed by atoms with Gasteiger partial charge >= 0.3 is 5.97 Å². The van der Waals surface area contributed by atoms with E-state index < -0.39 is 24.7 Å². The molecule has 12 heteroatoms. The molecule has 0 unspecified atom stereocenters. The highest BCUT2D eigenvalue weighted by Crippen LogP contribution is 2.42. The second kappa shape index (κ2) is 16.7. The van der Waals surface area contributed by atoms with E-state index in [-0.39, 0.29) is 53.6 Å². The highest BCUT2D eigenvalue weighted by molar-refractivity contribution is 6.00. The highest BCUT2D eigenvalue weighted by atomic mass is 19.1. The number of carbonyl (C=O) groups is 3. The Kier molecular flexibility index (Phi) is 12.4. The van der Waals surface area contributed by atoms with E-state index >= 15 is 0 Å². The molecule has 11 nitrogen and oxygen atoms in total. The quantitative estimate of drug-likeness (QED) is 0.214. The number of nitrogens with two attached hydrogens (primary N) is 1. The van der Waals surface area contributed by atoms with Crippen LogP contribution in [0.5, 0.6) is 0 Å². The molecule has 0 radical (unpaired) electrons. The van der Waals surface area contributed by atoms with Crippen molar-refractivity contribution < 1.29 is 37.4 Å². The molecule has 3 N–H and O–H groups in total. The number of halogens is 1. The molecule has 51 heavy (non-hydrogen) atoms. The molecular formula is C39H57FN4O7. The number of fused-ring (bicyclic) bond motifs is 1. The number of morpholine rings is 1. The molecule has 2 aliphatic carbocycles. The molecule has 1 aromatic carbocycles. The number of nitrogens with zero attached hydrogens (tertiary/aromatic N) is 2. The van der Waals surface area contributed by atoms with Gasteiger partial charge in [-0.2, -0.15) is 0 Å². The van der Waals surface area contributed by atoms with Crippen LogP contribution in [0.3, 0.4) is 0 Å². The number of esters is 1. The third-order valence-electron chi connectivity index (χ3n) is 12.2. The van der Waals surface area contributed by atoms with Gasteiger partial charge in [0.1, 0.15) is 18.3 Å². The lowest BCUT2D eigenvalue weighted by molar-refractivity contribution is -0.142. The average Bonchev–Trinajstić information content (AvgIpc) is 3.78. The molecule has 3 heterocycles. The number of rotatable bonds is 12. The second-order valence-corrected chi connectivity index (χ2v) is 15.8. The Morgan fingerprint density at radius 2 is 1.80 bits per heavy atom. The standard InChI is InChI=1S/C39H57FN4O7/c1-39(2)24-49-20-18-43(39)16-4-19-50-38(47)34-22-28-21-29(11-14-33(28)51-34)42-36(45)35-31(25-9-12-30(48-3)13-10-25)15-17-44(35)37(46)27-7-5-26(6-8-27)32(41)23-40/h11,14,21-22,25-27,30-32,35H,4-10,12-13,15-20,23-24,41H2,1-3H3,(H,42,45)/t25?,26-,27-,30?,31-,32+,35-/m0/s1. The number of benzene rings is 1. The minimum Gasteiger partial charge on any atom is -0.460 e. The Bertz CT molecular complexity index is 1500. The van der Waals surface area contributed by atoms with Crippen molar-refractivity contribution in [2.24, 2.45) is 29.4 Å². The zero-order chi connectivity index (χ0) is 36.1. The van der Waals surface area contributed by atoms with Crippen molar-refractivity contribution in [3.8, 4) is 0 Å². The van der Waals surface area contributed by atoms with E-state index in [1.807, 2.05) is 4.90 Å². The summed E-state index contributed by atoms with van der Waals surface area (Å²) < 4.78 is 35.8. The van der Waals surface area contributed by atoms with Gasteiger partial charge in [0.05, 0.1) is 25.9 Å². The number of anilines is 1. The summed E-state index contributed by atoms with van der Waals surface area (Å²) >= 11 is 0. The predicted octanol–water partition coefficient (Wildman–Crippen LogP) is 5.55. The molecule has 2 aliphatic heterocycles. The number of alkyl halides is 1. The molecule has 6 rings (SSSR count). The van der Waals surface area contributed by atoms with Crippen LogP contribution in [-0.2, 0) is 23.8 Å². The summed E-state index contributed by atoms with van der Waals surface area (Å²) in [5.74, 6) is -0.292. The predicted molar refractivity (Wildman–Crippen MR) is 192 cm³/mol. The fourth-order valence-corrected chi connectivity index (χ4v) is 9.03. The Balaban J connectivity index is 1.10. The lowest BCUT2D eigenvalue weighted by Crippen LogP contribution is -2.53. The zero-order valence-electron chi connectivity index (χ0n) is 30.6. The van der Waals surface area contributed by atoms with Crippen LogP contribution in [0.1, 0.15) is 88.6 Å².